The Labute approximate surface area is 155 Å². The summed E-state index contributed by atoms with van der Waals surface area (Å²) < 4.78 is 5.51. The highest BCUT2D eigenvalue weighted by atomic mass is 35.5. The van der Waals surface area contributed by atoms with Gasteiger partial charge in [0.05, 0.1) is 12.7 Å². The number of anilines is 1. The van der Waals surface area contributed by atoms with Crippen LogP contribution in [0, 0.1) is 0 Å². The van der Waals surface area contributed by atoms with Crippen molar-refractivity contribution in [2.45, 2.75) is 38.5 Å². The molecule has 2 saturated heterocycles. The molecule has 0 saturated carbocycles. The Balaban J connectivity index is 0.00000144. The van der Waals surface area contributed by atoms with Gasteiger partial charge in [0.2, 0.25) is 5.91 Å². The van der Waals surface area contributed by atoms with E-state index in [0.29, 0.717) is 13.2 Å². The number of morpholine rings is 1. The minimum atomic E-state index is -0.270. The Kier molecular flexibility index (Phi) is 8.76. The molecule has 2 N–H and O–H groups in total. The third-order valence-electron chi connectivity index (χ3n) is 4.31. The van der Waals surface area contributed by atoms with Gasteiger partial charge in [0.15, 0.2) is 0 Å². The minimum Gasteiger partial charge on any atom is -0.375 e. The van der Waals surface area contributed by atoms with Crippen LogP contribution < -0.4 is 15.5 Å². The Morgan fingerprint density at radius 2 is 2.17 bits per heavy atom. The van der Waals surface area contributed by atoms with E-state index in [1.165, 1.54) is 12.8 Å². The van der Waals surface area contributed by atoms with E-state index >= 15 is 0 Å². The monoisotopic (exact) mass is 376 g/mol. The summed E-state index contributed by atoms with van der Waals surface area (Å²) in [7, 11) is 0. The molecule has 3 rings (SSSR count). The Morgan fingerprint density at radius 1 is 1.42 bits per heavy atom. The molecule has 0 aliphatic carbocycles. The average Bonchev–Trinajstić information content (AvgIpc) is 3.08. The van der Waals surface area contributed by atoms with Crippen LogP contribution in [-0.4, -0.2) is 49.3 Å². The van der Waals surface area contributed by atoms with Crippen molar-refractivity contribution in [3.63, 3.8) is 0 Å². The number of rotatable bonds is 4. The Hall–Kier alpha value is -1.08. The molecular formula is C16H26Cl2N4O2. The maximum atomic E-state index is 12.2. The zero-order chi connectivity index (χ0) is 15.4. The lowest BCUT2D eigenvalue weighted by molar-refractivity contribution is -0.129. The molecule has 3 heterocycles. The third-order valence-corrected chi connectivity index (χ3v) is 4.31. The zero-order valence-corrected chi connectivity index (χ0v) is 15.5. The Morgan fingerprint density at radius 3 is 2.88 bits per heavy atom. The van der Waals surface area contributed by atoms with E-state index in [1.54, 1.807) is 0 Å². The van der Waals surface area contributed by atoms with Crippen LogP contribution in [-0.2, 0) is 16.1 Å². The van der Waals surface area contributed by atoms with Gasteiger partial charge in [0.1, 0.15) is 11.9 Å². The number of carbonyl (C=O) groups is 1. The lowest BCUT2D eigenvalue weighted by Crippen LogP contribution is -2.55. The molecule has 2 fully saturated rings. The van der Waals surface area contributed by atoms with Crippen molar-refractivity contribution >= 4 is 36.5 Å². The van der Waals surface area contributed by atoms with E-state index in [2.05, 4.69) is 26.6 Å². The first-order valence-corrected chi connectivity index (χ1v) is 8.06. The molecule has 0 unspecified atom stereocenters. The highest BCUT2D eigenvalue weighted by molar-refractivity contribution is 5.85. The predicted octanol–water partition coefficient (Wildman–Crippen LogP) is 1.52. The quantitative estimate of drug-likeness (QED) is 0.833. The molecule has 0 spiro atoms. The summed E-state index contributed by atoms with van der Waals surface area (Å²) in [4.78, 5) is 19.0. The molecule has 6 nitrogen and oxygen atoms in total. The van der Waals surface area contributed by atoms with Gasteiger partial charge < -0.3 is 20.3 Å². The zero-order valence-electron chi connectivity index (χ0n) is 13.9. The van der Waals surface area contributed by atoms with E-state index in [-0.39, 0.29) is 42.9 Å². The first kappa shape index (κ1) is 21.0. The largest absolute Gasteiger partial charge is 0.375 e. The van der Waals surface area contributed by atoms with E-state index < -0.39 is 0 Å². The molecule has 8 heteroatoms. The van der Waals surface area contributed by atoms with Crippen LogP contribution in [0.1, 0.15) is 25.3 Å². The molecular weight excluding hydrogens is 351 g/mol. The summed E-state index contributed by atoms with van der Waals surface area (Å²) >= 11 is 0. The van der Waals surface area contributed by atoms with Crippen molar-refractivity contribution in [1.29, 1.82) is 0 Å². The topological polar surface area (TPSA) is 66.5 Å². The third kappa shape index (κ3) is 5.21. The van der Waals surface area contributed by atoms with Crippen LogP contribution in [0.25, 0.3) is 0 Å². The first-order chi connectivity index (χ1) is 10.7. The van der Waals surface area contributed by atoms with Gasteiger partial charge in [-0.25, -0.2) is 4.98 Å². The van der Waals surface area contributed by atoms with Crippen molar-refractivity contribution in [2.24, 2.45) is 0 Å². The lowest BCUT2D eigenvalue weighted by atomic mass is 10.1. The van der Waals surface area contributed by atoms with Gasteiger partial charge in [-0.15, -0.1) is 24.8 Å². The molecule has 1 aromatic heterocycles. The highest BCUT2D eigenvalue weighted by Gasteiger charge is 2.27. The normalized spacial score (nSPS) is 23.1. The van der Waals surface area contributed by atoms with Gasteiger partial charge in [0, 0.05) is 32.4 Å². The number of halogens is 2. The van der Waals surface area contributed by atoms with E-state index in [9.17, 15) is 4.79 Å². The van der Waals surface area contributed by atoms with Crippen molar-refractivity contribution in [1.82, 2.24) is 15.6 Å². The van der Waals surface area contributed by atoms with Crippen LogP contribution in [0.5, 0.6) is 0 Å². The number of ether oxygens (including phenoxy) is 1. The fourth-order valence-corrected chi connectivity index (χ4v) is 3.02. The van der Waals surface area contributed by atoms with Crippen LogP contribution in [0.4, 0.5) is 5.82 Å². The molecule has 24 heavy (non-hydrogen) atoms. The van der Waals surface area contributed by atoms with Crippen molar-refractivity contribution in [2.75, 3.05) is 31.1 Å². The van der Waals surface area contributed by atoms with Gasteiger partial charge in [-0.05, 0) is 37.5 Å². The summed E-state index contributed by atoms with van der Waals surface area (Å²) in [5, 5.41) is 6.19. The summed E-state index contributed by atoms with van der Waals surface area (Å²) in [5.74, 6) is 1.00. The number of amides is 1. The average molecular weight is 377 g/mol. The van der Waals surface area contributed by atoms with Crippen LogP contribution in [0.15, 0.2) is 18.3 Å². The Bertz CT molecular complexity index is 527. The standard InChI is InChI=1S/C16H24N4O2.2ClH/c1-12-15(18-6-9-22-12)16(21)19-11-13-4-5-17-14(10-13)20-7-2-3-8-20;;/h4-5,10,12,15,18H,2-3,6-9,11H2,1H3,(H,19,21);2*1H/t12-,15+;;/m1../s1. The second kappa shape index (κ2) is 10.0. The molecule has 0 bridgehead atoms. The van der Waals surface area contributed by atoms with Gasteiger partial charge in [-0.3, -0.25) is 4.79 Å². The molecule has 1 amide bonds. The number of nitrogens with zero attached hydrogens (tertiary/aromatic N) is 2. The van der Waals surface area contributed by atoms with Crippen LogP contribution in [0.3, 0.4) is 0 Å². The number of aromatic nitrogens is 1. The van der Waals surface area contributed by atoms with Gasteiger partial charge >= 0.3 is 0 Å². The van der Waals surface area contributed by atoms with Crippen molar-refractivity contribution < 1.29 is 9.53 Å². The maximum Gasteiger partial charge on any atom is 0.240 e. The smallest absolute Gasteiger partial charge is 0.240 e. The number of carbonyl (C=O) groups excluding carboxylic acids is 1. The summed E-state index contributed by atoms with van der Waals surface area (Å²) in [5.41, 5.74) is 1.08. The van der Waals surface area contributed by atoms with Crippen LogP contribution >= 0.6 is 24.8 Å². The highest BCUT2D eigenvalue weighted by Crippen LogP contribution is 2.18. The second-order valence-corrected chi connectivity index (χ2v) is 5.94. The molecule has 1 aromatic rings. The van der Waals surface area contributed by atoms with E-state index in [1.807, 2.05) is 19.2 Å². The second-order valence-electron chi connectivity index (χ2n) is 5.94. The first-order valence-electron chi connectivity index (χ1n) is 8.06. The lowest BCUT2D eigenvalue weighted by Gasteiger charge is -2.29. The fourth-order valence-electron chi connectivity index (χ4n) is 3.02. The van der Waals surface area contributed by atoms with E-state index in [4.69, 9.17) is 4.74 Å². The fraction of sp³-hybridized carbons (Fsp3) is 0.625. The number of nitrogens with one attached hydrogen (secondary N) is 2. The number of hydrogen-bond acceptors (Lipinski definition) is 5. The predicted molar refractivity (Wildman–Crippen MR) is 99.2 cm³/mol. The van der Waals surface area contributed by atoms with Crippen molar-refractivity contribution in [3.8, 4) is 0 Å². The van der Waals surface area contributed by atoms with Gasteiger partial charge in [-0.1, -0.05) is 0 Å². The summed E-state index contributed by atoms with van der Waals surface area (Å²) in [6, 6.07) is 3.75. The molecule has 2 aliphatic rings. The van der Waals surface area contributed by atoms with Gasteiger partial charge in [-0.2, -0.15) is 0 Å². The molecule has 2 aliphatic heterocycles. The van der Waals surface area contributed by atoms with Crippen molar-refractivity contribution in [3.05, 3.63) is 23.9 Å². The summed E-state index contributed by atoms with van der Waals surface area (Å²) in [6.45, 7) is 5.97. The maximum absolute atomic E-state index is 12.2. The number of hydrogen-bond donors (Lipinski definition) is 2. The SMILES string of the molecule is C[C@H]1OCCN[C@@H]1C(=O)NCc1ccnc(N2CCCC2)c1.Cl.Cl. The van der Waals surface area contributed by atoms with Gasteiger partial charge in [0.25, 0.3) is 0 Å². The molecule has 2 atom stereocenters. The number of pyridine rings is 1. The molecule has 136 valence electrons. The van der Waals surface area contributed by atoms with E-state index in [0.717, 1.165) is 31.0 Å². The minimum absolute atomic E-state index is 0. The molecule has 0 aromatic carbocycles. The van der Waals surface area contributed by atoms with Crippen LogP contribution in [0.2, 0.25) is 0 Å². The summed E-state index contributed by atoms with van der Waals surface area (Å²) in [6.07, 6.45) is 4.19. The molecule has 0 radical (unpaired) electrons.